The van der Waals surface area contributed by atoms with E-state index in [1.165, 1.54) is 12.7 Å². The van der Waals surface area contributed by atoms with Crippen LogP contribution in [0.5, 0.6) is 0 Å². The number of fused-ring (bicyclic) bond motifs is 1. The molecule has 0 saturated carbocycles. The third-order valence-electron chi connectivity index (χ3n) is 3.83. The number of ether oxygens (including phenoxy) is 1. The van der Waals surface area contributed by atoms with E-state index in [0.29, 0.717) is 12.0 Å². The number of esters is 1. The largest absolute Gasteiger partial charge is 0.465 e. The predicted octanol–water partition coefficient (Wildman–Crippen LogP) is 3.57. The van der Waals surface area contributed by atoms with Gasteiger partial charge in [-0.2, -0.15) is 0 Å². The van der Waals surface area contributed by atoms with Crippen molar-refractivity contribution >= 4 is 16.9 Å². The summed E-state index contributed by atoms with van der Waals surface area (Å²) in [6, 6.07) is 11.8. The molecule has 0 aliphatic carbocycles. The lowest BCUT2D eigenvalue weighted by molar-refractivity contribution is 0.0600. The molecule has 3 aromatic rings. The van der Waals surface area contributed by atoms with Gasteiger partial charge in [-0.25, -0.2) is 4.79 Å². The third kappa shape index (κ3) is 3.37. The van der Waals surface area contributed by atoms with Gasteiger partial charge in [0.15, 0.2) is 0 Å². The van der Waals surface area contributed by atoms with E-state index in [1.807, 2.05) is 18.3 Å². The molecule has 3 rings (SSSR count). The minimum Gasteiger partial charge on any atom is -0.465 e. The number of hydrogen-bond donors (Lipinski definition) is 0. The monoisotopic (exact) mass is 306 g/mol. The van der Waals surface area contributed by atoms with Crippen LogP contribution < -0.4 is 0 Å². The molecule has 0 bridgehead atoms. The van der Waals surface area contributed by atoms with E-state index in [2.05, 4.69) is 29.0 Å². The first-order valence-electron chi connectivity index (χ1n) is 7.60. The number of hydrogen-bond acceptors (Lipinski definition) is 4. The Morgan fingerprint density at radius 2 is 1.91 bits per heavy atom. The van der Waals surface area contributed by atoms with E-state index in [9.17, 15) is 4.79 Å². The van der Waals surface area contributed by atoms with Crippen molar-refractivity contribution in [2.24, 2.45) is 0 Å². The fraction of sp³-hybridized carbons (Fsp3) is 0.211. The zero-order chi connectivity index (χ0) is 16.2. The molecule has 4 nitrogen and oxygen atoms in total. The fourth-order valence-electron chi connectivity index (χ4n) is 2.56. The number of pyridine rings is 2. The van der Waals surface area contributed by atoms with E-state index in [-0.39, 0.29) is 5.97 Å². The van der Waals surface area contributed by atoms with Crippen LogP contribution in [-0.4, -0.2) is 23.0 Å². The fourth-order valence-corrected chi connectivity index (χ4v) is 2.56. The zero-order valence-corrected chi connectivity index (χ0v) is 13.2. The lowest BCUT2D eigenvalue weighted by Gasteiger charge is -2.06. The molecule has 0 aliphatic heterocycles. The molecule has 0 aliphatic rings. The highest BCUT2D eigenvalue weighted by atomic mass is 16.5. The zero-order valence-electron chi connectivity index (χ0n) is 13.2. The molecule has 0 spiro atoms. The summed E-state index contributed by atoms with van der Waals surface area (Å²) in [6.45, 7) is 2.12. The number of aromatic nitrogens is 2. The van der Waals surface area contributed by atoms with Gasteiger partial charge in [0.05, 0.1) is 18.2 Å². The number of rotatable bonds is 4. The van der Waals surface area contributed by atoms with E-state index in [4.69, 9.17) is 4.74 Å². The summed E-state index contributed by atoms with van der Waals surface area (Å²) in [5.41, 5.74) is 4.71. The van der Waals surface area contributed by atoms with Gasteiger partial charge in [-0.15, -0.1) is 0 Å². The first-order valence-corrected chi connectivity index (χ1v) is 7.60. The number of nitrogens with zero attached hydrogens (tertiary/aromatic N) is 2. The summed E-state index contributed by atoms with van der Waals surface area (Å²) in [5.74, 6) is -0.344. The van der Waals surface area contributed by atoms with Gasteiger partial charge in [-0.05, 0) is 47.9 Å². The third-order valence-corrected chi connectivity index (χ3v) is 3.83. The van der Waals surface area contributed by atoms with Crippen molar-refractivity contribution in [3.8, 4) is 0 Å². The molecule has 2 heterocycles. The molecule has 0 N–H and O–H groups in total. The molecule has 23 heavy (non-hydrogen) atoms. The van der Waals surface area contributed by atoms with Crippen LogP contribution in [0.15, 0.2) is 48.8 Å². The Morgan fingerprint density at radius 1 is 1.09 bits per heavy atom. The van der Waals surface area contributed by atoms with Crippen molar-refractivity contribution in [2.45, 2.75) is 19.8 Å². The number of benzene rings is 1. The maximum Gasteiger partial charge on any atom is 0.337 e. The second kappa shape index (κ2) is 6.57. The maximum atomic E-state index is 11.6. The van der Waals surface area contributed by atoms with Crippen LogP contribution in [0.3, 0.4) is 0 Å². The highest BCUT2D eigenvalue weighted by Crippen LogP contribution is 2.18. The number of carbonyl (C=O) groups is 1. The lowest BCUT2D eigenvalue weighted by atomic mass is 10.0. The van der Waals surface area contributed by atoms with Crippen LogP contribution in [-0.2, 0) is 17.6 Å². The van der Waals surface area contributed by atoms with Gasteiger partial charge in [-0.3, -0.25) is 9.97 Å². The van der Waals surface area contributed by atoms with Gasteiger partial charge in [-0.1, -0.05) is 13.0 Å². The average Bonchev–Trinajstić information content (AvgIpc) is 2.60. The number of methoxy groups -OCH3 is 1. The van der Waals surface area contributed by atoms with Crippen LogP contribution >= 0.6 is 0 Å². The quantitative estimate of drug-likeness (QED) is 0.691. The predicted molar refractivity (Wildman–Crippen MR) is 89.5 cm³/mol. The Hall–Kier alpha value is -2.75. The lowest BCUT2D eigenvalue weighted by Crippen LogP contribution is -2.03. The summed E-state index contributed by atoms with van der Waals surface area (Å²) in [4.78, 5) is 20.4. The minimum absolute atomic E-state index is 0.344. The van der Waals surface area contributed by atoms with Crippen molar-refractivity contribution < 1.29 is 9.53 Å². The summed E-state index contributed by atoms with van der Waals surface area (Å²) in [5, 5.41) is 1.13. The second-order valence-electron chi connectivity index (χ2n) is 5.43. The molecule has 0 radical (unpaired) electrons. The second-order valence-corrected chi connectivity index (χ2v) is 5.43. The Kier molecular flexibility index (Phi) is 4.33. The summed E-state index contributed by atoms with van der Waals surface area (Å²) in [6.07, 6.45) is 5.19. The average molecular weight is 306 g/mol. The van der Waals surface area contributed by atoms with E-state index < -0.39 is 0 Å². The van der Waals surface area contributed by atoms with Crippen LogP contribution in [0, 0.1) is 0 Å². The highest BCUT2D eigenvalue weighted by molar-refractivity contribution is 5.89. The Labute approximate surface area is 135 Å². The molecule has 0 unspecified atom stereocenters. The van der Waals surface area contributed by atoms with Gasteiger partial charge in [0, 0.05) is 29.9 Å². The molecule has 0 amide bonds. The summed E-state index contributed by atoms with van der Waals surface area (Å²) < 4.78 is 4.75. The van der Waals surface area contributed by atoms with Gasteiger partial charge < -0.3 is 4.74 Å². The summed E-state index contributed by atoms with van der Waals surface area (Å²) in [7, 11) is 1.38. The topological polar surface area (TPSA) is 52.1 Å². The molecule has 0 saturated heterocycles. The van der Waals surface area contributed by atoms with Gasteiger partial charge in [0.25, 0.3) is 0 Å². The van der Waals surface area contributed by atoms with Crippen molar-refractivity contribution in [3.63, 3.8) is 0 Å². The van der Waals surface area contributed by atoms with E-state index >= 15 is 0 Å². The van der Waals surface area contributed by atoms with Crippen LogP contribution in [0.2, 0.25) is 0 Å². The number of aryl methyl sites for hydroxylation is 1. The van der Waals surface area contributed by atoms with E-state index in [0.717, 1.165) is 28.6 Å². The highest BCUT2D eigenvalue weighted by Gasteiger charge is 2.07. The van der Waals surface area contributed by atoms with Crippen molar-refractivity contribution in [1.29, 1.82) is 0 Å². The van der Waals surface area contributed by atoms with Crippen LogP contribution in [0.4, 0.5) is 0 Å². The molecular formula is C19H18N2O2. The van der Waals surface area contributed by atoms with E-state index in [1.54, 1.807) is 18.3 Å². The molecule has 0 fully saturated rings. The smallest absolute Gasteiger partial charge is 0.337 e. The van der Waals surface area contributed by atoms with Crippen LogP contribution in [0.1, 0.15) is 34.1 Å². The molecule has 116 valence electrons. The van der Waals surface area contributed by atoms with Crippen LogP contribution in [0.25, 0.3) is 10.9 Å². The molecular weight excluding hydrogens is 288 g/mol. The van der Waals surface area contributed by atoms with Gasteiger partial charge >= 0.3 is 5.97 Å². The Morgan fingerprint density at radius 3 is 2.70 bits per heavy atom. The summed E-state index contributed by atoms with van der Waals surface area (Å²) >= 11 is 0. The van der Waals surface area contributed by atoms with Gasteiger partial charge in [0.2, 0.25) is 0 Å². The van der Waals surface area contributed by atoms with Crippen molar-refractivity contribution in [3.05, 3.63) is 71.2 Å². The molecule has 1 aromatic carbocycles. The normalized spacial score (nSPS) is 10.7. The number of carbonyl (C=O) groups excluding carboxylic acids is 1. The molecule has 4 heteroatoms. The Bertz CT molecular complexity index is 859. The first kappa shape index (κ1) is 15.2. The molecule has 0 atom stereocenters. The van der Waals surface area contributed by atoms with Crippen molar-refractivity contribution in [1.82, 2.24) is 9.97 Å². The Balaban J connectivity index is 1.90. The minimum atomic E-state index is -0.344. The SMILES string of the molecule is CCc1cnc2ccc(Cc3cc(C(=O)OC)ccn3)cc2c1. The first-order chi connectivity index (χ1) is 11.2. The van der Waals surface area contributed by atoms with Gasteiger partial charge in [0.1, 0.15) is 0 Å². The standard InChI is InChI=1S/C19H18N2O2/c1-3-13-8-16-9-14(4-5-18(16)21-12-13)10-17-11-15(6-7-20-17)19(22)23-2/h4-9,11-12H,3,10H2,1-2H3. The molecule has 2 aromatic heterocycles. The van der Waals surface area contributed by atoms with Crippen molar-refractivity contribution in [2.75, 3.05) is 7.11 Å². The maximum absolute atomic E-state index is 11.6.